The molecule has 29 heavy (non-hydrogen) atoms. The Labute approximate surface area is 170 Å². The van der Waals surface area contributed by atoms with Gasteiger partial charge in [0.15, 0.2) is 0 Å². The predicted molar refractivity (Wildman–Crippen MR) is 115 cm³/mol. The minimum atomic E-state index is 0.194. The second-order valence-electron chi connectivity index (χ2n) is 7.89. The Morgan fingerprint density at radius 2 is 1.69 bits per heavy atom. The van der Waals surface area contributed by atoms with Crippen molar-refractivity contribution < 1.29 is 14.1 Å². The van der Waals surface area contributed by atoms with E-state index in [0.29, 0.717) is 6.42 Å². The number of hydrogen-bond acceptors (Lipinski definition) is 2. The first-order valence-corrected chi connectivity index (χ1v) is 10.3. The molecule has 5 rings (SSSR count). The number of piperazine rings is 1. The van der Waals surface area contributed by atoms with Gasteiger partial charge in [0.1, 0.15) is 12.1 Å². The van der Waals surface area contributed by atoms with Gasteiger partial charge in [-0.05, 0) is 16.8 Å². The van der Waals surface area contributed by atoms with Crippen molar-refractivity contribution in [2.45, 2.75) is 13.0 Å². The maximum Gasteiger partial charge on any atom is 0.227 e. The summed E-state index contributed by atoms with van der Waals surface area (Å²) in [5, 5.41) is 3.40. The van der Waals surface area contributed by atoms with E-state index in [1.807, 2.05) is 23.1 Å². The molecule has 4 heteroatoms. The van der Waals surface area contributed by atoms with Gasteiger partial charge >= 0.3 is 0 Å². The summed E-state index contributed by atoms with van der Waals surface area (Å²) < 4.78 is 5.75. The van der Waals surface area contributed by atoms with E-state index in [1.54, 1.807) is 11.2 Å². The van der Waals surface area contributed by atoms with Gasteiger partial charge in [0.2, 0.25) is 5.91 Å². The summed E-state index contributed by atoms with van der Waals surface area (Å²) in [6.45, 7) is 4.65. The number of fused-ring (bicyclic) bond motifs is 3. The van der Waals surface area contributed by atoms with Gasteiger partial charge in [0.25, 0.3) is 0 Å². The Kier molecular flexibility index (Phi) is 4.78. The minimum Gasteiger partial charge on any atom is -0.464 e. The molecule has 1 saturated heterocycles. The molecule has 1 N–H and O–H groups in total. The summed E-state index contributed by atoms with van der Waals surface area (Å²) in [4.78, 5) is 16.5. The maximum atomic E-state index is 13.0. The van der Waals surface area contributed by atoms with Crippen LogP contribution in [0.15, 0.2) is 77.4 Å². The zero-order chi connectivity index (χ0) is 19.6. The molecule has 4 aromatic rings. The van der Waals surface area contributed by atoms with Crippen LogP contribution in [0.25, 0.3) is 21.7 Å². The van der Waals surface area contributed by atoms with Crippen molar-refractivity contribution in [2.24, 2.45) is 0 Å². The van der Waals surface area contributed by atoms with Gasteiger partial charge in [-0.3, -0.25) is 4.79 Å². The second kappa shape index (κ2) is 7.72. The summed E-state index contributed by atoms with van der Waals surface area (Å²) >= 11 is 0. The molecule has 1 fully saturated rings. The van der Waals surface area contributed by atoms with E-state index in [-0.39, 0.29) is 5.91 Å². The number of carbonyl (C=O) groups excluding carboxylic acids is 1. The lowest BCUT2D eigenvalue weighted by molar-refractivity contribution is -0.917. The first kappa shape index (κ1) is 18.0. The first-order valence-electron chi connectivity index (χ1n) is 10.3. The van der Waals surface area contributed by atoms with E-state index >= 15 is 0 Å². The molecule has 0 atom stereocenters. The number of rotatable bonds is 4. The van der Waals surface area contributed by atoms with E-state index in [9.17, 15) is 4.79 Å². The van der Waals surface area contributed by atoms with E-state index in [0.717, 1.165) is 54.6 Å². The minimum absolute atomic E-state index is 0.194. The van der Waals surface area contributed by atoms with Gasteiger partial charge in [-0.2, -0.15) is 0 Å². The van der Waals surface area contributed by atoms with Crippen molar-refractivity contribution in [3.8, 4) is 0 Å². The molecular weight excluding hydrogens is 360 g/mol. The Hall–Kier alpha value is -3.11. The average molecular weight is 385 g/mol. The Morgan fingerprint density at radius 3 is 2.52 bits per heavy atom. The van der Waals surface area contributed by atoms with Crippen molar-refractivity contribution in [3.63, 3.8) is 0 Å². The summed E-state index contributed by atoms with van der Waals surface area (Å²) in [5.41, 5.74) is 3.20. The van der Waals surface area contributed by atoms with E-state index < -0.39 is 0 Å². The van der Waals surface area contributed by atoms with Crippen molar-refractivity contribution in [1.82, 2.24) is 4.90 Å². The fourth-order valence-corrected chi connectivity index (χ4v) is 4.41. The highest BCUT2D eigenvalue weighted by Crippen LogP contribution is 2.30. The summed E-state index contributed by atoms with van der Waals surface area (Å²) in [6.07, 6.45) is 2.15. The highest BCUT2D eigenvalue weighted by molar-refractivity contribution is 6.08. The fourth-order valence-electron chi connectivity index (χ4n) is 4.41. The lowest BCUT2D eigenvalue weighted by Gasteiger charge is -2.32. The molecule has 0 bridgehead atoms. The molecule has 1 aliphatic heterocycles. The van der Waals surface area contributed by atoms with Gasteiger partial charge in [-0.25, -0.2) is 0 Å². The van der Waals surface area contributed by atoms with Crippen LogP contribution in [0, 0.1) is 0 Å². The lowest BCUT2D eigenvalue weighted by atomic mass is 10.0. The standard InChI is InChI=1S/C25H24N2O2/c28-24(27-14-12-26(13-15-27)17-19-6-2-1-3-7-19)16-21-18-29-23-11-10-20-8-4-5-9-22(20)25(21)23/h1-11,18H,12-17H2/p+1. The van der Waals surface area contributed by atoms with Gasteiger partial charge in [-0.15, -0.1) is 0 Å². The number of quaternary nitrogens is 1. The second-order valence-corrected chi connectivity index (χ2v) is 7.89. The van der Waals surface area contributed by atoms with E-state index in [4.69, 9.17) is 4.42 Å². The average Bonchev–Trinajstić information content (AvgIpc) is 3.18. The van der Waals surface area contributed by atoms with Crippen molar-refractivity contribution in [2.75, 3.05) is 26.2 Å². The summed E-state index contributed by atoms with van der Waals surface area (Å²) in [7, 11) is 0. The molecular formula is C25H25N2O2+. The van der Waals surface area contributed by atoms with E-state index in [2.05, 4.69) is 48.5 Å². The van der Waals surface area contributed by atoms with Crippen molar-refractivity contribution in [3.05, 3.63) is 84.1 Å². The summed E-state index contributed by atoms with van der Waals surface area (Å²) in [6, 6.07) is 22.9. The van der Waals surface area contributed by atoms with Gasteiger partial charge < -0.3 is 14.2 Å². The largest absolute Gasteiger partial charge is 0.464 e. The molecule has 0 spiro atoms. The highest BCUT2D eigenvalue weighted by Gasteiger charge is 2.25. The molecule has 2 heterocycles. The quantitative estimate of drug-likeness (QED) is 0.586. The van der Waals surface area contributed by atoms with Crippen LogP contribution in [0.3, 0.4) is 0 Å². The smallest absolute Gasteiger partial charge is 0.227 e. The van der Waals surface area contributed by atoms with Crippen LogP contribution in [0.5, 0.6) is 0 Å². The third kappa shape index (κ3) is 3.64. The molecule has 1 aromatic heterocycles. The molecule has 1 aliphatic rings. The van der Waals surface area contributed by atoms with Crippen LogP contribution < -0.4 is 4.90 Å². The van der Waals surface area contributed by atoms with Crippen LogP contribution in [-0.2, 0) is 17.8 Å². The zero-order valence-corrected chi connectivity index (χ0v) is 16.4. The molecule has 0 unspecified atom stereocenters. The topological polar surface area (TPSA) is 37.9 Å². The normalized spacial score (nSPS) is 15.2. The Morgan fingerprint density at radius 1 is 0.931 bits per heavy atom. The third-order valence-corrected chi connectivity index (χ3v) is 6.00. The van der Waals surface area contributed by atoms with Crippen LogP contribution in [0.1, 0.15) is 11.1 Å². The SMILES string of the molecule is O=C(Cc1coc2ccc3ccccc3c12)N1CC[NH+](Cc2ccccc2)CC1. The number of nitrogens with zero attached hydrogens (tertiary/aromatic N) is 1. The third-order valence-electron chi connectivity index (χ3n) is 6.00. The summed E-state index contributed by atoms with van der Waals surface area (Å²) in [5.74, 6) is 0.194. The van der Waals surface area contributed by atoms with Gasteiger partial charge in [0.05, 0.1) is 38.9 Å². The molecule has 146 valence electrons. The van der Waals surface area contributed by atoms with E-state index in [1.165, 1.54) is 10.9 Å². The van der Waals surface area contributed by atoms with Crippen LogP contribution >= 0.6 is 0 Å². The molecule has 4 nitrogen and oxygen atoms in total. The van der Waals surface area contributed by atoms with Crippen molar-refractivity contribution >= 4 is 27.6 Å². The number of benzene rings is 3. The number of hydrogen-bond donors (Lipinski definition) is 1. The Bertz CT molecular complexity index is 1140. The zero-order valence-electron chi connectivity index (χ0n) is 16.4. The monoisotopic (exact) mass is 385 g/mol. The number of furan rings is 1. The fraction of sp³-hybridized carbons (Fsp3) is 0.240. The molecule has 3 aromatic carbocycles. The number of carbonyl (C=O) groups is 1. The number of nitrogens with one attached hydrogen (secondary N) is 1. The first-order chi connectivity index (χ1) is 14.3. The van der Waals surface area contributed by atoms with Crippen LogP contribution in [0.4, 0.5) is 0 Å². The van der Waals surface area contributed by atoms with Crippen molar-refractivity contribution in [1.29, 1.82) is 0 Å². The maximum absolute atomic E-state index is 13.0. The molecule has 1 amide bonds. The molecule has 0 aliphatic carbocycles. The van der Waals surface area contributed by atoms with Crippen LogP contribution in [-0.4, -0.2) is 37.0 Å². The van der Waals surface area contributed by atoms with Gasteiger partial charge in [-0.1, -0.05) is 60.7 Å². The Balaban J connectivity index is 1.27. The lowest BCUT2D eigenvalue weighted by Crippen LogP contribution is -3.13. The highest BCUT2D eigenvalue weighted by atomic mass is 16.3. The van der Waals surface area contributed by atoms with Crippen LogP contribution in [0.2, 0.25) is 0 Å². The number of amides is 1. The van der Waals surface area contributed by atoms with Gasteiger partial charge in [0, 0.05) is 16.5 Å². The predicted octanol–water partition coefficient (Wildman–Crippen LogP) is 3.06. The molecule has 0 saturated carbocycles. The molecule has 0 radical (unpaired) electrons.